The first kappa shape index (κ1) is 10.6. The van der Waals surface area contributed by atoms with E-state index in [0.29, 0.717) is 0 Å². The number of carbonyl (C=O) groups excluding carboxylic acids is 1. The Hall–Kier alpha value is -1.91. The Balaban J connectivity index is 2.48. The Morgan fingerprint density at radius 3 is 2.75 bits per heavy atom. The van der Waals surface area contributed by atoms with Crippen LogP contribution in [-0.4, -0.2) is 25.6 Å². The fraction of sp³-hybridized carbons (Fsp3) is 0.364. The van der Waals surface area contributed by atoms with Crippen molar-refractivity contribution in [3.63, 3.8) is 0 Å². The molecule has 84 valence electrons. The third-order valence-corrected chi connectivity index (χ3v) is 2.70. The molecular weight excluding hydrogens is 204 g/mol. The van der Waals surface area contributed by atoms with E-state index in [2.05, 4.69) is 10.2 Å². The van der Waals surface area contributed by atoms with Crippen molar-refractivity contribution in [2.45, 2.75) is 27.2 Å². The smallest absolute Gasteiger partial charge is 0.244 e. The van der Waals surface area contributed by atoms with Gasteiger partial charge in [0.25, 0.3) is 0 Å². The molecule has 5 nitrogen and oxygen atoms in total. The van der Waals surface area contributed by atoms with Gasteiger partial charge in [-0.05, 0) is 31.9 Å². The second-order valence-corrected chi connectivity index (χ2v) is 3.66. The molecule has 2 aromatic rings. The first-order valence-corrected chi connectivity index (χ1v) is 5.24. The molecule has 0 saturated carbocycles. The van der Waals surface area contributed by atoms with Crippen LogP contribution in [0.1, 0.15) is 23.9 Å². The number of hydrogen-bond acceptors (Lipinski definition) is 3. The zero-order valence-corrected chi connectivity index (χ0v) is 9.64. The fourth-order valence-corrected chi connectivity index (χ4v) is 1.71. The Bertz CT molecular complexity index is 510. The highest BCUT2D eigenvalue weighted by molar-refractivity contribution is 5.78. The van der Waals surface area contributed by atoms with Crippen LogP contribution in [-0.2, 0) is 6.42 Å². The Morgan fingerprint density at radius 1 is 1.44 bits per heavy atom. The van der Waals surface area contributed by atoms with Gasteiger partial charge in [-0.3, -0.25) is 0 Å². The summed E-state index contributed by atoms with van der Waals surface area (Å²) in [5, 5.41) is 8.16. The van der Waals surface area contributed by atoms with Crippen molar-refractivity contribution in [1.82, 2.24) is 19.6 Å². The van der Waals surface area contributed by atoms with Crippen LogP contribution in [0.15, 0.2) is 18.5 Å². The average molecular weight is 218 g/mol. The summed E-state index contributed by atoms with van der Waals surface area (Å²) in [7, 11) is 0. The molecular formula is C11H14N4O. The third kappa shape index (κ3) is 1.54. The topological polar surface area (TPSA) is 52.7 Å². The minimum Gasteiger partial charge on any atom is -0.244 e. The number of nitrogens with zero attached hydrogens (tertiary/aromatic N) is 4. The maximum Gasteiger partial charge on any atom is 0.369 e. The highest BCUT2D eigenvalue weighted by Crippen LogP contribution is 2.13. The van der Waals surface area contributed by atoms with E-state index in [1.54, 1.807) is 18.5 Å². The monoisotopic (exact) mass is 218 g/mol. The molecule has 0 unspecified atom stereocenters. The molecule has 0 atom stereocenters. The molecule has 5 heteroatoms. The lowest BCUT2D eigenvalue weighted by atomic mass is 10.2. The van der Waals surface area contributed by atoms with Gasteiger partial charge in [0.2, 0.25) is 0 Å². The van der Waals surface area contributed by atoms with Crippen LogP contribution in [0.3, 0.4) is 0 Å². The lowest BCUT2D eigenvalue weighted by Gasteiger charge is -2.04. The first-order valence-electron chi connectivity index (χ1n) is 5.24. The highest BCUT2D eigenvalue weighted by Gasteiger charge is 2.16. The molecule has 2 heterocycles. The molecule has 0 radical (unpaired) electrons. The van der Waals surface area contributed by atoms with E-state index in [0.717, 1.165) is 23.4 Å². The molecule has 0 N–H and O–H groups in total. The van der Waals surface area contributed by atoms with Crippen LogP contribution in [0.2, 0.25) is 0 Å². The molecule has 0 aliphatic carbocycles. The second kappa shape index (κ2) is 3.92. The number of aromatic nitrogens is 4. The van der Waals surface area contributed by atoms with Gasteiger partial charge in [0.1, 0.15) is 0 Å². The van der Waals surface area contributed by atoms with Crippen molar-refractivity contribution in [3.8, 4) is 0 Å². The van der Waals surface area contributed by atoms with Gasteiger partial charge in [-0.2, -0.15) is 19.6 Å². The summed E-state index contributed by atoms with van der Waals surface area (Å²) in [6, 6.07) is 1.48. The van der Waals surface area contributed by atoms with Crippen LogP contribution < -0.4 is 0 Å². The van der Waals surface area contributed by atoms with Gasteiger partial charge >= 0.3 is 6.03 Å². The maximum absolute atomic E-state index is 12.1. The summed E-state index contributed by atoms with van der Waals surface area (Å²) >= 11 is 0. The van der Waals surface area contributed by atoms with E-state index in [1.807, 2.05) is 20.8 Å². The second-order valence-electron chi connectivity index (χ2n) is 3.66. The first-order chi connectivity index (χ1) is 7.65. The lowest BCUT2D eigenvalue weighted by Crippen LogP contribution is -2.23. The molecule has 0 saturated heterocycles. The average Bonchev–Trinajstić information content (AvgIpc) is 2.88. The molecule has 2 rings (SSSR count). The standard InChI is InChI=1S/C11H14N4O/c1-4-10-8(2)9(3)13-15(10)11(16)14-7-5-6-12-14/h5-7H,4H2,1-3H3. The lowest BCUT2D eigenvalue weighted by molar-refractivity contribution is 0.237. The summed E-state index contributed by atoms with van der Waals surface area (Å²) in [4.78, 5) is 12.1. The van der Waals surface area contributed by atoms with Crippen LogP contribution >= 0.6 is 0 Å². The SMILES string of the molecule is CCc1c(C)c(C)nn1C(=O)n1cccn1. The summed E-state index contributed by atoms with van der Waals surface area (Å²) in [5.41, 5.74) is 2.90. The quantitative estimate of drug-likeness (QED) is 0.733. The van der Waals surface area contributed by atoms with Crippen LogP contribution in [0.25, 0.3) is 0 Å². The van der Waals surface area contributed by atoms with Gasteiger partial charge in [-0.15, -0.1) is 0 Å². The zero-order valence-electron chi connectivity index (χ0n) is 9.64. The minimum atomic E-state index is -0.238. The third-order valence-electron chi connectivity index (χ3n) is 2.70. The molecule has 0 amide bonds. The number of aryl methyl sites for hydroxylation is 1. The van der Waals surface area contributed by atoms with E-state index in [-0.39, 0.29) is 6.03 Å². The molecule has 0 aliphatic rings. The molecule has 16 heavy (non-hydrogen) atoms. The van der Waals surface area contributed by atoms with E-state index < -0.39 is 0 Å². The predicted octanol–water partition coefficient (Wildman–Crippen LogP) is 1.78. The molecule has 0 aromatic carbocycles. The van der Waals surface area contributed by atoms with Crippen LogP contribution in [0.4, 0.5) is 4.79 Å². The molecule has 0 aliphatic heterocycles. The van der Waals surface area contributed by atoms with E-state index in [4.69, 9.17) is 0 Å². The molecule has 0 bridgehead atoms. The van der Waals surface area contributed by atoms with Crippen LogP contribution in [0.5, 0.6) is 0 Å². The zero-order chi connectivity index (χ0) is 11.7. The Kier molecular flexibility index (Phi) is 2.60. The number of carbonyl (C=O) groups is 1. The minimum absolute atomic E-state index is 0.238. The van der Waals surface area contributed by atoms with E-state index in [9.17, 15) is 4.79 Å². The summed E-state index contributed by atoms with van der Waals surface area (Å²) in [6.45, 7) is 5.89. The van der Waals surface area contributed by atoms with Gasteiger partial charge < -0.3 is 0 Å². The molecule has 0 spiro atoms. The van der Waals surface area contributed by atoms with Crippen molar-refractivity contribution in [2.24, 2.45) is 0 Å². The Morgan fingerprint density at radius 2 is 2.19 bits per heavy atom. The normalized spacial score (nSPS) is 10.7. The van der Waals surface area contributed by atoms with Crippen molar-refractivity contribution in [3.05, 3.63) is 35.4 Å². The van der Waals surface area contributed by atoms with Gasteiger partial charge in [0.05, 0.1) is 11.4 Å². The van der Waals surface area contributed by atoms with Crippen molar-refractivity contribution >= 4 is 6.03 Å². The van der Waals surface area contributed by atoms with Crippen molar-refractivity contribution in [2.75, 3.05) is 0 Å². The van der Waals surface area contributed by atoms with E-state index >= 15 is 0 Å². The largest absolute Gasteiger partial charge is 0.369 e. The molecule has 2 aromatic heterocycles. The predicted molar refractivity (Wildman–Crippen MR) is 59.5 cm³/mol. The van der Waals surface area contributed by atoms with E-state index in [1.165, 1.54) is 9.36 Å². The highest BCUT2D eigenvalue weighted by atomic mass is 16.2. The number of rotatable bonds is 1. The number of hydrogen-bond donors (Lipinski definition) is 0. The fourth-order valence-electron chi connectivity index (χ4n) is 1.71. The maximum atomic E-state index is 12.1. The van der Waals surface area contributed by atoms with Gasteiger partial charge in [-0.1, -0.05) is 6.92 Å². The van der Waals surface area contributed by atoms with Gasteiger partial charge in [0.15, 0.2) is 0 Å². The summed E-state index contributed by atoms with van der Waals surface area (Å²) in [5.74, 6) is 0. The molecule has 0 fully saturated rings. The van der Waals surface area contributed by atoms with Crippen LogP contribution in [0, 0.1) is 13.8 Å². The van der Waals surface area contributed by atoms with Crippen molar-refractivity contribution < 1.29 is 4.79 Å². The summed E-state index contributed by atoms with van der Waals surface area (Å²) in [6.07, 6.45) is 3.97. The Labute approximate surface area is 93.7 Å². The van der Waals surface area contributed by atoms with Crippen molar-refractivity contribution in [1.29, 1.82) is 0 Å². The summed E-state index contributed by atoms with van der Waals surface area (Å²) < 4.78 is 2.71. The van der Waals surface area contributed by atoms with Gasteiger partial charge in [-0.25, -0.2) is 4.79 Å². The van der Waals surface area contributed by atoms with Gasteiger partial charge in [0, 0.05) is 12.4 Å².